The average Bonchev–Trinajstić information content (AvgIpc) is 2.72. The van der Waals surface area contributed by atoms with Gasteiger partial charge in [0.25, 0.3) is 0 Å². The van der Waals surface area contributed by atoms with Crippen molar-refractivity contribution in [2.75, 3.05) is 13.1 Å². The SMILES string of the molecule is FC(F)(F)c1cn(C2CNC2)c(-c2ccc(Br)cc2)n1. The van der Waals surface area contributed by atoms with E-state index < -0.39 is 11.9 Å². The lowest BCUT2D eigenvalue weighted by molar-refractivity contribution is -0.140. The van der Waals surface area contributed by atoms with Crippen LogP contribution in [0.25, 0.3) is 11.4 Å². The molecule has 1 N–H and O–H groups in total. The second-order valence-corrected chi connectivity index (χ2v) is 5.59. The quantitative estimate of drug-likeness (QED) is 0.903. The Morgan fingerprint density at radius 1 is 1.20 bits per heavy atom. The molecule has 1 aromatic carbocycles. The first-order chi connectivity index (χ1) is 9.45. The van der Waals surface area contributed by atoms with Gasteiger partial charge in [-0.15, -0.1) is 0 Å². The van der Waals surface area contributed by atoms with Gasteiger partial charge in [-0.25, -0.2) is 4.98 Å². The Balaban J connectivity index is 2.07. The molecule has 0 bridgehead atoms. The van der Waals surface area contributed by atoms with Gasteiger partial charge in [-0.2, -0.15) is 13.2 Å². The van der Waals surface area contributed by atoms with E-state index in [2.05, 4.69) is 26.2 Å². The Bertz CT molecular complexity index is 615. The highest BCUT2D eigenvalue weighted by Gasteiger charge is 2.36. The monoisotopic (exact) mass is 345 g/mol. The molecule has 0 radical (unpaired) electrons. The van der Waals surface area contributed by atoms with Gasteiger partial charge in [-0.1, -0.05) is 28.1 Å². The van der Waals surface area contributed by atoms with Gasteiger partial charge in [0.15, 0.2) is 5.69 Å². The summed E-state index contributed by atoms with van der Waals surface area (Å²) in [5, 5.41) is 3.06. The van der Waals surface area contributed by atoms with E-state index in [0.29, 0.717) is 24.5 Å². The first kappa shape index (κ1) is 13.6. The van der Waals surface area contributed by atoms with E-state index in [1.807, 2.05) is 0 Å². The van der Waals surface area contributed by atoms with Gasteiger partial charge in [0.2, 0.25) is 0 Å². The maximum Gasteiger partial charge on any atom is 0.434 e. The molecule has 20 heavy (non-hydrogen) atoms. The average molecular weight is 346 g/mol. The van der Waals surface area contributed by atoms with Crippen molar-refractivity contribution >= 4 is 15.9 Å². The number of alkyl halides is 3. The second kappa shape index (κ2) is 4.89. The predicted molar refractivity (Wildman–Crippen MR) is 72.3 cm³/mol. The largest absolute Gasteiger partial charge is 0.434 e. The molecular weight excluding hydrogens is 335 g/mol. The van der Waals surface area contributed by atoms with Crippen LogP contribution in [0.3, 0.4) is 0 Å². The Labute approximate surface area is 121 Å². The van der Waals surface area contributed by atoms with Gasteiger partial charge in [0.1, 0.15) is 5.82 Å². The lowest BCUT2D eigenvalue weighted by atomic mass is 10.1. The summed E-state index contributed by atoms with van der Waals surface area (Å²) in [6.45, 7) is 1.33. The fraction of sp³-hybridized carbons (Fsp3) is 0.308. The molecule has 0 saturated carbocycles. The van der Waals surface area contributed by atoms with Gasteiger partial charge in [0, 0.05) is 29.3 Å². The number of hydrogen-bond donors (Lipinski definition) is 1. The molecule has 2 aromatic rings. The van der Waals surface area contributed by atoms with E-state index in [-0.39, 0.29) is 6.04 Å². The van der Waals surface area contributed by atoms with E-state index in [1.54, 1.807) is 28.8 Å². The Hall–Kier alpha value is -1.34. The zero-order valence-corrected chi connectivity index (χ0v) is 11.9. The maximum absolute atomic E-state index is 12.8. The van der Waals surface area contributed by atoms with Crippen LogP contribution in [0, 0.1) is 0 Å². The molecule has 1 aliphatic rings. The summed E-state index contributed by atoms with van der Waals surface area (Å²) in [7, 11) is 0. The molecule has 0 amide bonds. The van der Waals surface area contributed by atoms with Crippen LogP contribution < -0.4 is 5.32 Å². The summed E-state index contributed by atoms with van der Waals surface area (Å²) in [6, 6.07) is 7.13. The zero-order valence-electron chi connectivity index (χ0n) is 10.3. The van der Waals surface area contributed by atoms with E-state index in [4.69, 9.17) is 0 Å². The molecular formula is C13H11BrF3N3. The van der Waals surface area contributed by atoms with E-state index in [1.165, 1.54) is 0 Å². The fourth-order valence-corrected chi connectivity index (χ4v) is 2.36. The van der Waals surface area contributed by atoms with Crippen molar-refractivity contribution in [2.45, 2.75) is 12.2 Å². The zero-order chi connectivity index (χ0) is 14.3. The highest BCUT2D eigenvalue weighted by Crippen LogP contribution is 2.33. The Morgan fingerprint density at radius 3 is 2.35 bits per heavy atom. The molecule has 2 heterocycles. The van der Waals surface area contributed by atoms with Crippen LogP contribution in [-0.4, -0.2) is 22.6 Å². The van der Waals surface area contributed by atoms with E-state index >= 15 is 0 Å². The normalized spacial score (nSPS) is 16.2. The third-order valence-electron chi connectivity index (χ3n) is 3.28. The molecule has 1 saturated heterocycles. The summed E-state index contributed by atoms with van der Waals surface area (Å²) in [5.74, 6) is 0.358. The Kier molecular flexibility index (Phi) is 3.33. The second-order valence-electron chi connectivity index (χ2n) is 4.67. The van der Waals surface area contributed by atoms with Crippen LogP contribution in [0.1, 0.15) is 11.7 Å². The topological polar surface area (TPSA) is 29.9 Å². The van der Waals surface area contributed by atoms with Crippen LogP contribution in [0.15, 0.2) is 34.9 Å². The highest BCUT2D eigenvalue weighted by atomic mass is 79.9. The summed E-state index contributed by atoms with van der Waals surface area (Å²) < 4.78 is 41.0. The molecule has 3 nitrogen and oxygen atoms in total. The van der Waals surface area contributed by atoms with Gasteiger partial charge < -0.3 is 9.88 Å². The number of hydrogen-bond acceptors (Lipinski definition) is 2. The standard InChI is InChI=1S/C13H11BrF3N3/c14-9-3-1-8(2-4-9)12-19-11(13(15,16)17)7-20(12)10-5-18-6-10/h1-4,7,10,18H,5-6H2. The van der Waals surface area contributed by atoms with Crippen molar-refractivity contribution in [3.8, 4) is 11.4 Å². The predicted octanol–water partition coefficient (Wildman–Crippen LogP) is 3.48. The van der Waals surface area contributed by atoms with Gasteiger partial charge in [0.05, 0.1) is 6.04 Å². The third-order valence-corrected chi connectivity index (χ3v) is 3.81. The van der Waals surface area contributed by atoms with Crippen LogP contribution in [0.5, 0.6) is 0 Å². The van der Waals surface area contributed by atoms with Crippen molar-refractivity contribution in [1.82, 2.24) is 14.9 Å². The molecule has 0 atom stereocenters. The Morgan fingerprint density at radius 2 is 1.85 bits per heavy atom. The van der Waals surface area contributed by atoms with Crippen molar-refractivity contribution < 1.29 is 13.2 Å². The molecule has 1 aromatic heterocycles. The van der Waals surface area contributed by atoms with Gasteiger partial charge in [-0.05, 0) is 12.1 Å². The van der Waals surface area contributed by atoms with E-state index in [9.17, 15) is 13.2 Å². The summed E-state index contributed by atoms with van der Waals surface area (Å²) in [6.07, 6.45) is -3.32. The first-order valence-corrected chi connectivity index (χ1v) is 6.87. The van der Waals surface area contributed by atoms with Crippen LogP contribution >= 0.6 is 15.9 Å². The molecule has 106 valence electrons. The third kappa shape index (κ3) is 2.47. The smallest absolute Gasteiger partial charge is 0.325 e. The van der Waals surface area contributed by atoms with Crippen molar-refractivity contribution in [1.29, 1.82) is 0 Å². The van der Waals surface area contributed by atoms with Crippen molar-refractivity contribution in [3.63, 3.8) is 0 Å². The number of rotatable bonds is 2. The molecule has 0 spiro atoms. The molecule has 1 aliphatic heterocycles. The summed E-state index contributed by atoms with van der Waals surface area (Å²) in [5.41, 5.74) is -0.169. The molecule has 0 aliphatic carbocycles. The summed E-state index contributed by atoms with van der Waals surface area (Å²) in [4.78, 5) is 3.78. The van der Waals surface area contributed by atoms with E-state index in [0.717, 1.165) is 10.7 Å². The minimum atomic E-state index is -4.42. The maximum atomic E-state index is 12.8. The molecule has 1 fully saturated rings. The van der Waals surface area contributed by atoms with Crippen molar-refractivity contribution in [2.24, 2.45) is 0 Å². The van der Waals surface area contributed by atoms with Gasteiger partial charge >= 0.3 is 6.18 Å². The minimum absolute atomic E-state index is 0.0252. The highest BCUT2D eigenvalue weighted by molar-refractivity contribution is 9.10. The molecule has 7 heteroatoms. The van der Waals surface area contributed by atoms with Crippen LogP contribution in [0.2, 0.25) is 0 Å². The van der Waals surface area contributed by atoms with Crippen LogP contribution in [0.4, 0.5) is 13.2 Å². The molecule has 0 unspecified atom stereocenters. The lowest BCUT2D eigenvalue weighted by Gasteiger charge is -2.29. The number of benzene rings is 1. The van der Waals surface area contributed by atoms with Crippen LogP contribution in [-0.2, 0) is 6.18 Å². The van der Waals surface area contributed by atoms with Crippen molar-refractivity contribution in [3.05, 3.63) is 40.6 Å². The number of nitrogens with zero attached hydrogens (tertiary/aromatic N) is 2. The minimum Gasteiger partial charge on any atom is -0.325 e. The first-order valence-electron chi connectivity index (χ1n) is 6.08. The number of halogens is 4. The number of imidazole rings is 1. The number of aromatic nitrogens is 2. The summed E-state index contributed by atoms with van der Waals surface area (Å²) >= 11 is 3.31. The fourth-order valence-electron chi connectivity index (χ4n) is 2.09. The molecule has 3 rings (SSSR count). The van der Waals surface area contributed by atoms with Gasteiger partial charge in [-0.3, -0.25) is 0 Å². The number of nitrogens with one attached hydrogen (secondary N) is 1. The lowest BCUT2D eigenvalue weighted by Crippen LogP contribution is -2.43.